The predicted octanol–water partition coefficient (Wildman–Crippen LogP) is 6.58. The number of hydrogen-bond acceptors (Lipinski definition) is 7. The van der Waals surface area contributed by atoms with Crippen LogP contribution in [0.3, 0.4) is 0 Å². The second kappa shape index (κ2) is 17.3. The highest BCUT2D eigenvalue weighted by atomic mass is 79.9. The highest BCUT2D eigenvalue weighted by Gasteiger charge is 2.24. The number of rotatable bonds is 16. The van der Waals surface area contributed by atoms with Gasteiger partial charge >= 0.3 is 11.9 Å². The van der Waals surface area contributed by atoms with Crippen molar-refractivity contribution in [3.8, 4) is 33.9 Å². The van der Waals surface area contributed by atoms with Gasteiger partial charge in [0.2, 0.25) is 0 Å². The van der Waals surface area contributed by atoms with Crippen LogP contribution in [0.4, 0.5) is 0 Å². The molecule has 5 rings (SSSR count). The van der Waals surface area contributed by atoms with Crippen LogP contribution in [0.1, 0.15) is 36.6 Å². The molecule has 1 amide bonds. The number of aromatic carboxylic acids is 2. The highest BCUT2D eigenvalue weighted by molar-refractivity contribution is 9.10. The van der Waals surface area contributed by atoms with Crippen molar-refractivity contribution in [1.29, 1.82) is 0 Å². The van der Waals surface area contributed by atoms with E-state index in [1.54, 1.807) is 12.1 Å². The van der Waals surface area contributed by atoms with E-state index in [1.165, 1.54) is 12.1 Å². The van der Waals surface area contributed by atoms with Gasteiger partial charge in [0.05, 0.1) is 48.9 Å². The van der Waals surface area contributed by atoms with E-state index in [0.717, 1.165) is 37.4 Å². The molecule has 4 aromatic carbocycles. The molecule has 258 valence electrons. The number of carboxylic acids is 2. The first-order chi connectivity index (χ1) is 24.1. The number of benzene rings is 4. The summed E-state index contributed by atoms with van der Waals surface area (Å²) in [4.78, 5) is 42.0. The maximum atomic E-state index is 12.8. The number of carbonyl (C=O) groups excluding carboxylic acids is 1. The summed E-state index contributed by atoms with van der Waals surface area (Å²) in [5, 5.41) is 22.5. The Hall–Kier alpha value is -4.66. The van der Waals surface area contributed by atoms with Crippen LogP contribution < -0.4 is 11.1 Å². The molecule has 0 fully saturated rings. The molecule has 0 atom stereocenters. The van der Waals surface area contributed by atoms with Gasteiger partial charge in [0.1, 0.15) is 5.82 Å². The number of imidazole rings is 1. The van der Waals surface area contributed by atoms with Crippen molar-refractivity contribution < 1.29 is 34.1 Å². The van der Waals surface area contributed by atoms with Gasteiger partial charge in [-0.1, -0.05) is 68.3 Å². The van der Waals surface area contributed by atoms with Gasteiger partial charge in [-0.2, -0.15) is 0 Å². The number of nitrogens with two attached hydrogens (primary N) is 1. The van der Waals surface area contributed by atoms with Gasteiger partial charge in [-0.25, -0.2) is 14.6 Å². The van der Waals surface area contributed by atoms with Crippen molar-refractivity contribution >= 4 is 49.7 Å². The van der Waals surface area contributed by atoms with E-state index in [1.807, 2.05) is 65.2 Å². The summed E-state index contributed by atoms with van der Waals surface area (Å²) in [6.45, 7) is 2.71. The zero-order valence-electron chi connectivity index (χ0n) is 26.8. The summed E-state index contributed by atoms with van der Waals surface area (Å²) < 4.78 is 14.5. The molecule has 0 saturated carbocycles. The highest BCUT2D eigenvalue weighted by Crippen LogP contribution is 2.38. The number of nitrogens with one attached hydrogen (secondary N) is 1. The summed E-state index contributed by atoms with van der Waals surface area (Å²) in [6, 6.07) is 26.5. The molecule has 0 bridgehead atoms. The monoisotopic (exact) mass is 804 g/mol. The van der Waals surface area contributed by atoms with Crippen LogP contribution in [0.25, 0.3) is 33.9 Å². The fraction of sp³-hybridized carbons (Fsp3) is 0.189. The summed E-state index contributed by atoms with van der Waals surface area (Å²) in [7, 11) is 0. The molecule has 0 aliphatic carbocycles. The Labute approximate surface area is 305 Å². The SMILES string of the molecule is NCCOCCOCCNC(=O)c1ccc(Cn2c(-c3cc(C(=O)O)cc(C(=O)O)c3)nc(-c3ccc(Br)cc3)c2-c2ccc(Br)cc2)cc1. The van der Waals surface area contributed by atoms with Crippen molar-refractivity contribution in [2.24, 2.45) is 5.73 Å². The normalized spacial score (nSPS) is 11.0. The lowest BCUT2D eigenvalue weighted by Crippen LogP contribution is -2.27. The van der Waals surface area contributed by atoms with E-state index < -0.39 is 11.9 Å². The van der Waals surface area contributed by atoms with Crippen LogP contribution in [0.2, 0.25) is 0 Å². The Morgan fingerprint density at radius 3 is 1.82 bits per heavy atom. The predicted molar refractivity (Wildman–Crippen MR) is 196 cm³/mol. The molecule has 0 unspecified atom stereocenters. The van der Waals surface area contributed by atoms with E-state index in [2.05, 4.69) is 37.2 Å². The van der Waals surface area contributed by atoms with Crippen LogP contribution in [-0.4, -0.2) is 77.1 Å². The second-order valence-corrected chi connectivity index (χ2v) is 12.9. The van der Waals surface area contributed by atoms with Crippen molar-refractivity contribution in [2.75, 3.05) is 39.5 Å². The third-order valence-corrected chi connectivity index (χ3v) is 8.67. The third kappa shape index (κ3) is 9.31. The second-order valence-electron chi connectivity index (χ2n) is 11.1. The lowest BCUT2D eigenvalue weighted by Gasteiger charge is -2.15. The molecule has 5 aromatic rings. The Morgan fingerprint density at radius 1 is 0.700 bits per heavy atom. The first kappa shape index (κ1) is 36.6. The molecule has 0 saturated heterocycles. The van der Waals surface area contributed by atoms with Gasteiger partial charge in [-0.05, 0) is 60.2 Å². The average Bonchev–Trinajstić information content (AvgIpc) is 3.48. The molecule has 5 N–H and O–H groups in total. The Morgan fingerprint density at radius 2 is 1.26 bits per heavy atom. The molecule has 50 heavy (non-hydrogen) atoms. The maximum absolute atomic E-state index is 12.8. The smallest absolute Gasteiger partial charge is 0.335 e. The molecule has 0 aliphatic heterocycles. The van der Waals surface area contributed by atoms with Crippen LogP contribution in [0.5, 0.6) is 0 Å². The summed E-state index contributed by atoms with van der Waals surface area (Å²) in [6.07, 6.45) is 0. The van der Waals surface area contributed by atoms with E-state index in [9.17, 15) is 24.6 Å². The number of carbonyl (C=O) groups is 3. The molecule has 0 spiro atoms. The number of nitrogens with zero attached hydrogens (tertiary/aromatic N) is 2. The van der Waals surface area contributed by atoms with E-state index in [0.29, 0.717) is 62.2 Å². The largest absolute Gasteiger partial charge is 0.478 e. The molecule has 1 heterocycles. The lowest BCUT2D eigenvalue weighted by molar-refractivity contribution is 0.0511. The molecule has 13 heteroatoms. The number of carboxylic acid groups (broad SMARTS) is 2. The first-order valence-corrected chi connectivity index (χ1v) is 17.2. The number of amides is 1. The zero-order chi connectivity index (χ0) is 35.6. The van der Waals surface area contributed by atoms with Crippen molar-refractivity contribution in [1.82, 2.24) is 14.9 Å². The lowest BCUT2D eigenvalue weighted by atomic mass is 10.0. The number of hydrogen-bond donors (Lipinski definition) is 4. The van der Waals surface area contributed by atoms with Gasteiger partial charge in [0.25, 0.3) is 5.91 Å². The summed E-state index contributed by atoms with van der Waals surface area (Å²) in [5.41, 5.74) is 9.66. The number of aromatic nitrogens is 2. The van der Waals surface area contributed by atoms with Crippen molar-refractivity contribution in [3.05, 3.63) is 122 Å². The van der Waals surface area contributed by atoms with Crippen molar-refractivity contribution in [3.63, 3.8) is 0 Å². The topological polar surface area (TPSA) is 166 Å². The molecular weight excluding hydrogens is 772 g/mol. The van der Waals surface area contributed by atoms with Gasteiger partial charge in [0.15, 0.2) is 0 Å². The number of halogens is 2. The minimum Gasteiger partial charge on any atom is -0.478 e. The molecular formula is C37H34Br2N4O7. The van der Waals surface area contributed by atoms with Gasteiger partial charge < -0.3 is 35.3 Å². The first-order valence-electron chi connectivity index (χ1n) is 15.6. The van der Waals surface area contributed by atoms with Crippen LogP contribution in [0.15, 0.2) is 99.9 Å². The van der Waals surface area contributed by atoms with Gasteiger partial charge in [0, 0.05) is 50.8 Å². The standard InChI is InChI=1S/C37H34Br2N4O7/c38-30-9-5-24(6-10-30)32-33(25-7-11-31(39)12-8-25)43(34(42-32)27-19-28(36(45)46)21-29(20-27)37(47)48)22-23-1-3-26(4-2-23)35(44)41-14-16-50-18-17-49-15-13-40/h1-12,19-21H,13-18,22,40H2,(H,41,44)(H,45,46)(H,47,48). The Bertz CT molecular complexity index is 1930. The Kier molecular flexibility index (Phi) is 12.7. The minimum absolute atomic E-state index is 0.175. The summed E-state index contributed by atoms with van der Waals surface area (Å²) in [5.74, 6) is -2.39. The van der Waals surface area contributed by atoms with Crippen LogP contribution in [0, 0.1) is 0 Å². The van der Waals surface area contributed by atoms with Crippen LogP contribution in [-0.2, 0) is 16.0 Å². The third-order valence-electron chi connectivity index (χ3n) is 7.61. The summed E-state index contributed by atoms with van der Waals surface area (Å²) >= 11 is 7.01. The quantitative estimate of drug-likeness (QED) is 0.0807. The maximum Gasteiger partial charge on any atom is 0.335 e. The molecule has 0 aliphatic rings. The fourth-order valence-corrected chi connectivity index (χ4v) is 5.76. The van der Waals surface area contributed by atoms with E-state index in [4.69, 9.17) is 20.2 Å². The molecule has 0 radical (unpaired) electrons. The van der Waals surface area contributed by atoms with Crippen LogP contribution >= 0.6 is 31.9 Å². The van der Waals surface area contributed by atoms with Gasteiger partial charge in [-0.3, -0.25) is 4.79 Å². The van der Waals surface area contributed by atoms with Gasteiger partial charge in [-0.15, -0.1) is 0 Å². The van der Waals surface area contributed by atoms with E-state index >= 15 is 0 Å². The molecule has 1 aromatic heterocycles. The molecule has 11 nitrogen and oxygen atoms in total. The van der Waals surface area contributed by atoms with Crippen molar-refractivity contribution in [2.45, 2.75) is 6.54 Å². The minimum atomic E-state index is -1.26. The average molecular weight is 807 g/mol. The van der Waals surface area contributed by atoms with E-state index in [-0.39, 0.29) is 23.6 Å². The zero-order valence-corrected chi connectivity index (χ0v) is 29.9. The Balaban J connectivity index is 1.53. The number of ether oxygens (including phenoxy) is 2. The fourth-order valence-electron chi connectivity index (χ4n) is 5.23.